The van der Waals surface area contributed by atoms with Crippen LogP contribution in [-0.4, -0.2) is 36.8 Å². The third kappa shape index (κ3) is 2.01. The van der Waals surface area contributed by atoms with E-state index in [0.717, 1.165) is 13.2 Å². The molecule has 0 bridgehead atoms. The van der Waals surface area contributed by atoms with Gasteiger partial charge in [-0.15, -0.1) is 0 Å². The zero-order valence-corrected chi connectivity index (χ0v) is 10.6. The Morgan fingerprint density at radius 3 is 2.32 bits per heavy atom. The zero-order chi connectivity index (χ0) is 16.9. The van der Waals surface area contributed by atoms with E-state index in [0.29, 0.717) is 12.1 Å². The number of Topliss-reactive ketones (excluding diaryl/α,β-unsaturated/α-hetero) is 1. The molecule has 0 amide bonds. The molecule has 0 saturated carbocycles. The van der Waals surface area contributed by atoms with Gasteiger partial charge in [-0.3, -0.25) is 4.79 Å². The number of methoxy groups -OCH3 is 1. The van der Waals surface area contributed by atoms with Crippen LogP contribution in [0.5, 0.6) is 5.75 Å². The lowest BCUT2D eigenvalue weighted by Gasteiger charge is -2.37. The number of hydrogen-bond donors (Lipinski definition) is 0. The molecule has 1 aliphatic rings. The highest BCUT2D eigenvalue weighted by atomic mass is 19.4. The number of carbonyl (C=O) groups is 2. The van der Waals surface area contributed by atoms with Gasteiger partial charge in [0.25, 0.3) is 0 Å². The van der Waals surface area contributed by atoms with Crippen LogP contribution in [0.1, 0.15) is 20.7 Å². The normalized spacial score (nSPS) is 23.5. The van der Waals surface area contributed by atoms with Crippen molar-refractivity contribution in [1.82, 2.24) is 0 Å². The molecule has 1 aromatic carbocycles. The minimum absolute atomic E-state index is 0.358. The van der Waals surface area contributed by atoms with Gasteiger partial charge >= 0.3 is 23.9 Å². The average Bonchev–Trinajstić information content (AvgIpc) is 2.41. The first-order chi connectivity index (χ1) is 9.95. The van der Waals surface area contributed by atoms with E-state index in [4.69, 9.17) is 0 Å². The monoisotopic (exact) mass is 328 g/mol. The highest BCUT2D eigenvalue weighted by Crippen LogP contribution is 2.52. The molecule has 2 rings (SSSR count). The van der Waals surface area contributed by atoms with E-state index in [2.05, 4.69) is 9.47 Å². The predicted molar refractivity (Wildman–Crippen MR) is 57.6 cm³/mol. The summed E-state index contributed by atoms with van der Waals surface area (Å²) in [4.78, 5) is 22.8. The maximum Gasteiger partial charge on any atom is 0.450 e. The second-order valence-electron chi connectivity index (χ2n) is 4.31. The van der Waals surface area contributed by atoms with Crippen LogP contribution >= 0.6 is 0 Å². The van der Waals surface area contributed by atoms with Crippen LogP contribution < -0.4 is 4.74 Å². The standard InChI is InChI=1S/C12H6F6O4/c1-21-9(20)5-2-3-6-7(4-5)22-12(17,18)10(13,8(6)19)11(14,15)16/h2-4H,1H3. The number of ether oxygens (including phenoxy) is 2. The number of alkyl halides is 6. The molecule has 4 nitrogen and oxygen atoms in total. The average molecular weight is 328 g/mol. The smallest absolute Gasteiger partial charge is 0.450 e. The summed E-state index contributed by atoms with van der Waals surface area (Å²) in [6, 6.07) is 1.98. The van der Waals surface area contributed by atoms with E-state index in [-0.39, 0.29) is 5.56 Å². The van der Waals surface area contributed by atoms with Gasteiger partial charge in [0.2, 0.25) is 5.78 Å². The fraction of sp³-hybridized carbons (Fsp3) is 0.333. The molecule has 1 unspecified atom stereocenters. The van der Waals surface area contributed by atoms with Crippen LogP contribution in [0.25, 0.3) is 0 Å². The van der Waals surface area contributed by atoms with E-state index in [1.165, 1.54) is 0 Å². The molecular weight excluding hydrogens is 322 g/mol. The summed E-state index contributed by atoms with van der Waals surface area (Å²) in [5.74, 6) is -4.55. The van der Waals surface area contributed by atoms with Crippen LogP contribution in [-0.2, 0) is 4.74 Å². The molecule has 0 N–H and O–H groups in total. The second-order valence-corrected chi connectivity index (χ2v) is 4.31. The van der Waals surface area contributed by atoms with Crippen LogP contribution in [0.4, 0.5) is 26.3 Å². The quantitative estimate of drug-likeness (QED) is 0.588. The van der Waals surface area contributed by atoms with E-state index in [1.54, 1.807) is 0 Å². The Labute approximate surface area is 118 Å². The lowest BCUT2D eigenvalue weighted by molar-refractivity contribution is -0.338. The van der Waals surface area contributed by atoms with Gasteiger partial charge in [0.15, 0.2) is 0 Å². The molecule has 22 heavy (non-hydrogen) atoms. The summed E-state index contributed by atoms with van der Waals surface area (Å²) in [6.45, 7) is 0. The van der Waals surface area contributed by atoms with Gasteiger partial charge in [-0.1, -0.05) is 0 Å². The number of ketones is 1. The van der Waals surface area contributed by atoms with Crippen molar-refractivity contribution in [3.8, 4) is 5.75 Å². The number of hydrogen-bond acceptors (Lipinski definition) is 4. The van der Waals surface area contributed by atoms with Gasteiger partial charge in [0.05, 0.1) is 18.2 Å². The summed E-state index contributed by atoms with van der Waals surface area (Å²) < 4.78 is 86.5. The number of esters is 1. The van der Waals surface area contributed by atoms with Gasteiger partial charge in [-0.05, 0) is 18.2 Å². The first-order valence-electron chi connectivity index (χ1n) is 5.55. The highest BCUT2D eigenvalue weighted by Gasteiger charge is 2.80. The molecule has 1 heterocycles. The van der Waals surface area contributed by atoms with Gasteiger partial charge in [-0.2, -0.15) is 22.0 Å². The Bertz CT molecular complexity index is 654. The van der Waals surface area contributed by atoms with E-state index in [1.807, 2.05) is 0 Å². The minimum Gasteiger partial charge on any atom is -0.465 e. The molecule has 1 aliphatic heterocycles. The molecule has 0 saturated heterocycles. The highest BCUT2D eigenvalue weighted by molar-refractivity contribution is 6.07. The van der Waals surface area contributed by atoms with Crippen molar-refractivity contribution >= 4 is 11.8 Å². The maximum absolute atomic E-state index is 13.8. The summed E-state index contributed by atoms with van der Waals surface area (Å²) >= 11 is 0. The number of fused-ring (bicyclic) bond motifs is 1. The third-order valence-electron chi connectivity index (χ3n) is 2.99. The summed E-state index contributed by atoms with van der Waals surface area (Å²) in [5.41, 5.74) is -6.93. The van der Waals surface area contributed by atoms with Crippen LogP contribution in [0.2, 0.25) is 0 Å². The number of halogens is 6. The fourth-order valence-corrected chi connectivity index (χ4v) is 1.86. The molecule has 120 valence electrons. The summed E-state index contributed by atoms with van der Waals surface area (Å²) in [5, 5.41) is 0. The van der Waals surface area contributed by atoms with E-state index < -0.39 is 41.0 Å². The Morgan fingerprint density at radius 2 is 1.82 bits per heavy atom. The van der Waals surface area contributed by atoms with Gasteiger partial charge in [0.1, 0.15) is 5.75 Å². The molecule has 10 heteroatoms. The minimum atomic E-state index is -6.19. The van der Waals surface area contributed by atoms with Gasteiger partial charge < -0.3 is 9.47 Å². The van der Waals surface area contributed by atoms with E-state index >= 15 is 0 Å². The fourth-order valence-electron chi connectivity index (χ4n) is 1.86. The lowest BCUT2D eigenvalue weighted by atomic mass is 9.89. The molecule has 0 fully saturated rings. The third-order valence-corrected chi connectivity index (χ3v) is 2.99. The Hall–Kier alpha value is -2.26. The molecule has 1 aromatic rings. The van der Waals surface area contributed by atoms with Crippen molar-refractivity contribution in [2.24, 2.45) is 0 Å². The van der Waals surface area contributed by atoms with Crippen LogP contribution in [0.3, 0.4) is 0 Å². The van der Waals surface area contributed by atoms with Crippen molar-refractivity contribution in [2.45, 2.75) is 18.0 Å². The lowest BCUT2D eigenvalue weighted by Crippen LogP contribution is -2.65. The largest absolute Gasteiger partial charge is 0.465 e. The molecule has 0 aromatic heterocycles. The first-order valence-corrected chi connectivity index (χ1v) is 5.55. The number of benzene rings is 1. The number of carbonyl (C=O) groups excluding carboxylic acids is 2. The Balaban J connectivity index is 2.62. The first kappa shape index (κ1) is 16.1. The summed E-state index contributed by atoms with van der Waals surface area (Å²) in [7, 11) is 0.971. The Kier molecular flexibility index (Phi) is 3.38. The van der Waals surface area contributed by atoms with Gasteiger partial charge in [-0.25, -0.2) is 9.18 Å². The van der Waals surface area contributed by atoms with Crippen molar-refractivity contribution < 1.29 is 45.4 Å². The molecule has 0 aliphatic carbocycles. The summed E-state index contributed by atoms with van der Waals surface area (Å²) in [6.07, 6.45) is -11.7. The van der Waals surface area contributed by atoms with Crippen molar-refractivity contribution in [3.63, 3.8) is 0 Å². The topological polar surface area (TPSA) is 52.6 Å². The SMILES string of the molecule is COC(=O)c1ccc2c(c1)OC(F)(F)C(F)(C(F)(F)F)C2=O. The molecule has 0 radical (unpaired) electrons. The second kappa shape index (κ2) is 4.62. The Morgan fingerprint density at radius 1 is 1.23 bits per heavy atom. The van der Waals surface area contributed by atoms with Crippen molar-refractivity contribution in [2.75, 3.05) is 7.11 Å². The van der Waals surface area contributed by atoms with Crippen molar-refractivity contribution in [1.29, 1.82) is 0 Å². The van der Waals surface area contributed by atoms with Crippen molar-refractivity contribution in [3.05, 3.63) is 29.3 Å². The molecule has 1 atom stereocenters. The zero-order valence-electron chi connectivity index (χ0n) is 10.6. The molecular formula is C12H6F6O4. The van der Waals surface area contributed by atoms with E-state index in [9.17, 15) is 35.9 Å². The molecule has 0 spiro atoms. The number of rotatable bonds is 1. The van der Waals surface area contributed by atoms with Crippen LogP contribution in [0.15, 0.2) is 18.2 Å². The maximum atomic E-state index is 13.8. The van der Waals surface area contributed by atoms with Gasteiger partial charge in [0, 0.05) is 0 Å². The van der Waals surface area contributed by atoms with Crippen LogP contribution in [0, 0.1) is 0 Å². The predicted octanol–water partition coefficient (Wildman–Crippen LogP) is 2.91.